The zero-order valence-corrected chi connectivity index (χ0v) is 24.2. The van der Waals surface area contributed by atoms with Crippen LogP contribution in [-0.4, -0.2) is 53.5 Å². The Hall–Kier alpha value is -3.23. The fraction of sp³-hybridized carbons (Fsp3) is 0.545. The summed E-state index contributed by atoms with van der Waals surface area (Å²) in [7, 11) is 0. The van der Waals surface area contributed by atoms with Crippen molar-refractivity contribution in [1.29, 1.82) is 0 Å². The summed E-state index contributed by atoms with van der Waals surface area (Å²) >= 11 is 0. The molecule has 2 aromatic carbocycles. The first-order valence-electron chi connectivity index (χ1n) is 14.5. The van der Waals surface area contributed by atoms with E-state index in [1.165, 1.54) is 6.92 Å². The van der Waals surface area contributed by atoms with E-state index in [4.69, 9.17) is 23.7 Å². The van der Waals surface area contributed by atoms with E-state index >= 15 is 0 Å². The first-order chi connectivity index (χ1) is 19.5. The molecule has 2 aliphatic carbocycles. The Morgan fingerprint density at radius 1 is 0.878 bits per heavy atom. The van der Waals surface area contributed by atoms with Crippen LogP contribution in [0.4, 0.5) is 0 Å². The molecule has 1 spiro atoms. The van der Waals surface area contributed by atoms with Gasteiger partial charge in [0.2, 0.25) is 0 Å². The highest BCUT2D eigenvalue weighted by Crippen LogP contribution is 2.67. The lowest BCUT2D eigenvalue weighted by Crippen LogP contribution is -2.71. The maximum Gasteiger partial charge on any atom is 0.338 e. The molecule has 41 heavy (non-hydrogen) atoms. The van der Waals surface area contributed by atoms with Crippen molar-refractivity contribution < 1.29 is 38.1 Å². The van der Waals surface area contributed by atoms with Gasteiger partial charge < -0.3 is 23.7 Å². The zero-order chi connectivity index (χ0) is 29.2. The van der Waals surface area contributed by atoms with E-state index in [9.17, 15) is 14.4 Å². The van der Waals surface area contributed by atoms with Gasteiger partial charge in [-0.15, -0.1) is 0 Å². The number of fused-ring (bicyclic) bond motifs is 1. The fourth-order valence-corrected chi connectivity index (χ4v) is 7.82. The molecule has 0 radical (unpaired) electrons. The van der Waals surface area contributed by atoms with E-state index in [1.807, 2.05) is 43.3 Å². The average Bonchev–Trinajstić information content (AvgIpc) is 3.70. The maximum absolute atomic E-state index is 13.5. The van der Waals surface area contributed by atoms with Crippen LogP contribution in [0.3, 0.4) is 0 Å². The molecule has 8 nitrogen and oxygen atoms in total. The average molecular weight is 563 g/mol. The molecule has 9 atom stereocenters. The SMILES string of the molecule is CC(=O)OC1C(OC(=O)c2ccccc2)C[C@@H](C)[C@@]23C[C@@H](C[C@H](OC(=O)C4OC4c4ccccc4)[C@]12C)C(C)(C)O3. The minimum Gasteiger partial charge on any atom is -0.460 e. The summed E-state index contributed by atoms with van der Waals surface area (Å²) in [4.78, 5) is 39.3. The van der Waals surface area contributed by atoms with Crippen LogP contribution in [0.1, 0.15) is 75.9 Å². The number of ether oxygens (including phenoxy) is 5. The van der Waals surface area contributed by atoms with E-state index < -0.39 is 58.9 Å². The molecule has 8 heteroatoms. The van der Waals surface area contributed by atoms with Crippen LogP contribution in [-0.2, 0) is 33.3 Å². The highest BCUT2D eigenvalue weighted by molar-refractivity contribution is 5.89. The van der Waals surface area contributed by atoms with Gasteiger partial charge in [-0.1, -0.05) is 55.5 Å². The molecule has 2 saturated carbocycles. The quantitative estimate of drug-likeness (QED) is 0.269. The standard InChI is InChI=1S/C33H38O8/c1-19-16-24(38-29(35)22-14-10-7-11-15-22)28(37-20(2)34)32(5)25(17-23-18-33(19,32)41-31(23,3)4)39-30(36)27-26(40-27)21-12-8-6-9-13-21/h6-15,19,23-28H,16-18H2,1-5H3/t19-,23-,24?,25+,26?,27?,28?,32-,33+/m1/s1. The van der Waals surface area contributed by atoms with Gasteiger partial charge in [-0.2, -0.15) is 0 Å². The highest BCUT2D eigenvalue weighted by atomic mass is 16.6. The van der Waals surface area contributed by atoms with Gasteiger partial charge in [0.25, 0.3) is 0 Å². The minimum absolute atomic E-state index is 0.0760. The minimum atomic E-state index is -0.991. The number of carbonyl (C=O) groups excluding carboxylic acids is 3. The molecule has 4 fully saturated rings. The number of rotatable bonds is 6. The van der Waals surface area contributed by atoms with Crippen LogP contribution >= 0.6 is 0 Å². The fourth-order valence-electron chi connectivity index (χ4n) is 7.82. The summed E-state index contributed by atoms with van der Waals surface area (Å²) in [6, 6.07) is 18.3. The van der Waals surface area contributed by atoms with Crippen molar-refractivity contribution in [2.24, 2.45) is 17.3 Å². The van der Waals surface area contributed by atoms with Crippen molar-refractivity contribution >= 4 is 17.9 Å². The predicted molar refractivity (Wildman–Crippen MR) is 148 cm³/mol. The van der Waals surface area contributed by atoms with Crippen LogP contribution in [0.25, 0.3) is 0 Å². The van der Waals surface area contributed by atoms with E-state index in [-0.39, 0.29) is 17.9 Å². The Bertz CT molecular complexity index is 1330. The Morgan fingerprint density at radius 3 is 2.20 bits per heavy atom. The number of esters is 3. The highest BCUT2D eigenvalue weighted by Gasteiger charge is 2.75. The van der Waals surface area contributed by atoms with Crippen LogP contribution in [0, 0.1) is 17.3 Å². The molecule has 4 unspecified atom stereocenters. The van der Waals surface area contributed by atoms with Crippen molar-refractivity contribution in [2.45, 2.75) is 95.6 Å². The van der Waals surface area contributed by atoms with Gasteiger partial charge in [0.15, 0.2) is 12.2 Å². The molecule has 2 bridgehead atoms. The van der Waals surface area contributed by atoms with Gasteiger partial charge in [-0.05, 0) is 69.6 Å². The van der Waals surface area contributed by atoms with Crippen molar-refractivity contribution in [3.05, 3.63) is 71.8 Å². The number of hydrogen-bond acceptors (Lipinski definition) is 8. The van der Waals surface area contributed by atoms with E-state index in [0.29, 0.717) is 18.4 Å². The lowest BCUT2D eigenvalue weighted by Gasteiger charge is -2.61. The molecular weight excluding hydrogens is 524 g/mol. The Morgan fingerprint density at radius 2 is 1.54 bits per heavy atom. The van der Waals surface area contributed by atoms with E-state index in [2.05, 4.69) is 20.8 Å². The zero-order valence-electron chi connectivity index (χ0n) is 24.2. The normalized spacial score (nSPS) is 38.3. The number of carbonyl (C=O) groups is 3. The van der Waals surface area contributed by atoms with Gasteiger partial charge in [-0.25, -0.2) is 9.59 Å². The summed E-state index contributed by atoms with van der Waals surface area (Å²) in [6.07, 6.45) is -1.65. The van der Waals surface area contributed by atoms with Crippen LogP contribution in [0.2, 0.25) is 0 Å². The Balaban J connectivity index is 1.34. The third-order valence-electron chi connectivity index (χ3n) is 10.0. The molecule has 4 aliphatic rings. The molecule has 2 aromatic rings. The summed E-state index contributed by atoms with van der Waals surface area (Å²) in [5.41, 5.74) is -0.899. The van der Waals surface area contributed by atoms with Gasteiger partial charge in [0, 0.05) is 6.92 Å². The molecule has 0 N–H and O–H groups in total. The molecule has 0 aromatic heterocycles. The van der Waals surface area contributed by atoms with Gasteiger partial charge in [0.05, 0.1) is 22.2 Å². The van der Waals surface area contributed by atoms with Crippen molar-refractivity contribution in [3.63, 3.8) is 0 Å². The third-order valence-corrected chi connectivity index (χ3v) is 10.0. The summed E-state index contributed by atoms with van der Waals surface area (Å²) in [5, 5.41) is 0. The molecule has 6 rings (SSSR count). The maximum atomic E-state index is 13.5. The topological polar surface area (TPSA) is 101 Å². The van der Waals surface area contributed by atoms with Gasteiger partial charge >= 0.3 is 17.9 Å². The van der Waals surface area contributed by atoms with Crippen molar-refractivity contribution in [1.82, 2.24) is 0 Å². The van der Waals surface area contributed by atoms with Crippen molar-refractivity contribution in [3.8, 4) is 0 Å². The van der Waals surface area contributed by atoms with Crippen LogP contribution in [0.5, 0.6) is 0 Å². The lowest BCUT2D eigenvalue weighted by atomic mass is 9.49. The van der Waals surface area contributed by atoms with Crippen LogP contribution < -0.4 is 0 Å². The van der Waals surface area contributed by atoms with Crippen molar-refractivity contribution in [2.75, 3.05) is 0 Å². The number of epoxide rings is 1. The second-order valence-electron chi connectivity index (χ2n) is 12.8. The van der Waals surface area contributed by atoms with E-state index in [0.717, 1.165) is 12.0 Å². The van der Waals surface area contributed by atoms with E-state index in [1.54, 1.807) is 24.3 Å². The van der Waals surface area contributed by atoms with Gasteiger partial charge in [0.1, 0.15) is 18.3 Å². The summed E-state index contributed by atoms with van der Waals surface area (Å²) in [5.74, 6) is -1.39. The second kappa shape index (κ2) is 9.95. The van der Waals surface area contributed by atoms with Crippen LogP contribution in [0.15, 0.2) is 60.7 Å². The monoisotopic (exact) mass is 562 g/mol. The molecule has 2 saturated heterocycles. The smallest absolute Gasteiger partial charge is 0.338 e. The first-order valence-corrected chi connectivity index (χ1v) is 14.5. The molecule has 218 valence electrons. The molecule has 2 heterocycles. The molecular formula is C33H38O8. The molecule has 2 aliphatic heterocycles. The predicted octanol–water partition coefficient (Wildman–Crippen LogP) is 5.20. The Kier molecular flexibility index (Phi) is 6.77. The first kappa shape index (κ1) is 27.9. The summed E-state index contributed by atoms with van der Waals surface area (Å²) in [6.45, 7) is 9.54. The lowest BCUT2D eigenvalue weighted by molar-refractivity contribution is -0.282. The Labute approximate surface area is 240 Å². The summed E-state index contributed by atoms with van der Waals surface area (Å²) < 4.78 is 31.2. The molecule has 0 amide bonds. The third kappa shape index (κ3) is 4.56. The number of benzene rings is 2. The van der Waals surface area contributed by atoms with Gasteiger partial charge in [-0.3, -0.25) is 4.79 Å². The second-order valence-corrected chi connectivity index (χ2v) is 12.8. The largest absolute Gasteiger partial charge is 0.460 e. The number of hydrogen-bond donors (Lipinski definition) is 0.